The van der Waals surface area contributed by atoms with E-state index in [1.165, 1.54) is 30.5 Å². The molecule has 2 heterocycles. The molecule has 0 saturated carbocycles. The molecular formula is C18H16F3N3O2. The number of hydrogen-bond donors (Lipinski definition) is 1. The Kier molecular flexibility index (Phi) is 4.53. The molecule has 1 aromatic carbocycles. The van der Waals surface area contributed by atoms with Crippen molar-refractivity contribution >= 4 is 11.6 Å². The number of carbonyl (C=O) groups excluding carboxylic acids is 1. The maximum atomic E-state index is 13.2. The van der Waals surface area contributed by atoms with Crippen LogP contribution in [0.3, 0.4) is 0 Å². The molecule has 0 aliphatic carbocycles. The summed E-state index contributed by atoms with van der Waals surface area (Å²) in [6.45, 7) is 1.93. The molecule has 0 radical (unpaired) electrons. The quantitative estimate of drug-likeness (QED) is 0.910. The van der Waals surface area contributed by atoms with Crippen LogP contribution in [0, 0.1) is 0 Å². The highest BCUT2D eigenvalue weighted by Crippen LogP contribution is 2.40. The number of amides is 1. The number of aryl methyl sites for hydroxylation is 1. The lowest BCUT2D eigenvalue weighted by molar-refractivity contribution is -0.0817. The summed E-state index contributed by atoms with van der Waals surface area (Å²) in [6.07, 6.45) is -3.52. The normalized spacial score (nSPS) is 20.2. The molecule has 1 aliphatic heterocycles. The topological polar surface area (TPSA) is 65.8 Å². The van der Waals surface area contributed by atoms with Gasteiger partial charge in [0.2, 0.25) is 0 Å². The maximum Gasteiger partial charge on any atom is 0.431 e. The molecule has 1 atom stereocenters. The SMILES string of the molecule is CCc1ccc(C2(O)CC(C(F)(F)F)=NN2C(=O)c2ccccn2)cc1. The third-order valence-corrected chi connectivity index (χ3v) is 4.21. The van der Waals surface area contributed by atoms with Crippen molar-refractivity contribution in [1.82, 2.24) is 9.99 Å². The number of alkyl halides is 3. The summed E-state index contributed by atoms with van der Waals surface area (Å²) >= 11 is 0. The van der Waals surface area contributed by atoms with Gasteiger partial charge in [0.1, 0.15) is 11.4 Å². The van der Waals surface area contributed by atoms with E-state index in [0.29, 0.717) is 5.01 Å². The van der Waals surface area contributed by atoms with Gasteiger partial charge in [-0.25, -0.2) is 0 Å². The average Bonchev–Trinajstić information content (AvgIpc) is 3.01. The van der Waals surface area contributed by atoms with Crippen molar-refractivity contribution in [3.8, 4) is 0 Å². The number of nitrogens with zero attached hydrogens (tertiary/aromatic N) is 3. The Morgan fingerprint density at radius 1 is 1.23 bits per heavy atom. The second kappa shape index (κ2) is 6.53. The van der Waals surface area contributed by atoms with Crippen molar-refractivity contribution in [2.75, 3.05) is 0 Å². The van der Waals surface area contributed by atoms with Crippen LogP contribution in [-0.2, 0) is 12.1 Å². The van der Waals surface area contributed by atoms with E-state index in [1.54, 1.807) is 18.2 Å². The number of aromatic nitrogens is 1. The monoisotopic (exact) mass is 363 g/mol. The Hall–Kier alpha value is -2.74. The Morgan fingerprint density at radius 3 is 2.46 bits per heavy atom. The molecule has 5 nitrogen and oxygen atoms in total. The first kappa shape index (κ1) is 18.1. The van der Waals surface area contributed by atoms with Crippen molar-refractivity contribution in [2.24, 2.45) is 5.10 Å². The smallest absolute Gasteiger partial charge is 0.365 e. The Morgan fingerprint density at radius 2 is 1.92 bits per heavy atom. The number of benzene rings is 1. The molecule has 8 heteroatoms. The third kappa shape index (κ3) is 3.20. The second-order valence-corrected chi connectivity index (χ2v) is 5.92. The standard InChI is InChI=1S/C18H16F3N3O2/c1-2-12-6-8-13(9-7-12)17(26)11-15(18(19,20)21)23-24(17)16(25)14-5-3-4-10-22-14/h3-10,26H,2,11H2,1H3. The largest absolute Gasteiger partial charge is 0.431 e. The molecule has 1 aromatic heterocycles. The minimum Gasteiger partial charge on any atom is -0.365 e. The lowest BCUT2D eigenvalue weighted by Gasteiger charge is -2.31. The van der Waals surface area contributed by atoms with Gasteiger partial charge in [0.15, 0.2) is 5.72 Å². The van der Waals surface area contributed by atoms with Crippen LogP contribution in [0.15, 0.2) is 53.8 Å². The van der Waals surface area contributed by atoms with E-state index in [0.717, 1.165) is 12.0 Å². The lowest BCUT2D eigenvalue weighted by atomic mass is 9.95. The van der Waals surface area contributed by atoms with Gasteiger partial charge in [0.05, 0.1) is 6.42 Å². The van der Waals surface area contributed by atoms with E-state index >= 15 is 0 Å². The van der Waals surface area contributed by atoms with Gasteiger partial charge in [-0.2, -0.15) is 23.3 Å². The first-order valence-corrected chi connectivity index (χ1v) is 7.98. The van der Waals surface area contributed by atoms with Gasteiger partial charge >= 0.3 is 6.18 Å². The first-order chi connectivity index (χ1) is 12.3. The van der Waals surface area contributed by atoms with Crippen LogP contribution in [0.1, 0.15) is 35.0 Å². The van der Waals surface area contributed by atoms with Crippen molar-refractivity contribution in [2.45, 2.75) is 31.7 Å². The molecule has 136 valence electrons. The van der Waals surface area contributed by atoms with E-state index in [-0.39, 0.29) is 11.3 Å². The molecule has 2 aromatic rings. The van der Waals surface area contributed by atoms with Gasteiger partial charge < -0.3 is 5.11 Å². The fourth-order valence-electron chi connectivity index (χ4n) is 2.75. The van der Waals surface area contributed by atoms with Gasteiger partial charge in [0.25, 0.3) is 5.91 Å². The number of hydrazone groups is 1. The van der Waals surface area contributed by atoms with Crippen molar-refractivity contribution in [1.29, 1.82) is 0 Å². The fourth-order valence-corrected chi connectivity index (χ4v) is 2.75. The van der Waals surface area contributed by atoms with Crippen LogP contribution in [-0.4, -0.2) is 32.9 Å². The third-order valence-electron chi connectivity index (χ3n) is 4.21. The van der Waals surface area contributed by atoms with Crippen LogP contribution in [0.2, 0.25) is 0 Å². The summed E-state index contributed by atoms with van der Waals surface area (Å²) in [5.74, 6) is -0.910. The zero-order valence-corrected chi connectivity index (χ0v) is 13.9. The van der Waals surface area contributed by atoms with E-state index in [4.69, 9.17) is 0 Å². The predicted octanol–water partition coefficient (Wildman–Crippen LogP) is 3.25. The zero-order chi connectivity index (χ0) is 18.9. The van der Waals surface area contributed by atoms with Crippen LogP contribution < -0.4 is 0 Å². The number of hydrogen-bond acceptors (Lipinski definition) is 4. The maximum absolute atomic E-state index is 13.2. The minimum atomic E-state index is -4.75. The molecule has 1 N–H and O–H groups in total. The lowest BCUT2D eigenvalue weighted by Crippen LogP contribution is -2.44. The van der Waals surface area contributed by atoms with Gasteiger partial charge in [-0.15, -0.1) is 0 Å². The highest BCUT2D eigenvalue weighted by atomic mass is 19.4. The van der Waals surface area contributed by atoms with E-state index < -0.39 is 29.9 Å². The van der Waals surface area contributed by atoms with E-state index in [1.807, 2.05) is 6.92 Å². The molecule has 26 heavy (non-hydrogen) atoms. The first-order valence-electron chi connectivity index (χ1n) is 7.98. The number of rotatable bonds is 3. The Bertz CT molecular complexity index is 835. The summed E-state index contributed by atoms with van der Waals surface area (Å²) in [4.78, 5) is 16.5. The molecule has 0 saturated heterocycles. The van der Waals surface area contributed by atoms with Crippen LogP contribution in [0.4, 0.5) is 13.2 Å². The molecule has 0 bridgehead atoms. The number of carbonyl (C=O) groups is 1. The van der Waals surface area contributed by atoms with E-state index in [9.17, 15) is 23.1 Å². The molecule has 1 aliphatic rings. The Labute approximate surface area is 147 Å². The zero-order valence-electron chi connectivity index (χ0n) is 13.9. The van der Waals surface area contributed by atoms with Gasteiger partial charge in [-0.05, 0) is 24.1 Å². The van der Waals surface area contributed by atoms with Gasteiger partial charge in [-0.1, -0.05) is 37.3 Å². The molecule has 0 spiro atoms. The van der Waals surface area contributed by atoms with E-state index in [2.05, 4.69) is 10.1 Å². The molecule has 1 unspecified atom stereocenters. The van der Waals surface area contributed by atoms with Crippen molar-refractivity contribution in [3.05, 3.63) is 65.5 Å². The summed E-state index contributed by atoms with van der Waals surface area (Å²) < 4.78 is 39.5. The fraction of sp³-hybridized carbons (Fsp3) is 0.278. The van der Waals surface area contributed by atoms with Gasteiger partial charge in [-0.3, -0.25) is 9.78 Å². The van der Waals surface area contributed by atoms with Gasteiger partial charge in [0, 0.05) is 11.8 Å². The highest BCUT2D eigenvalue weighted by Gasteiger charge is 2.53. The Balaban J connectivity index is 2.05. The van der Waals surface area contributed by atoms with Crippen LogP contribution in [0.25, 0.3) is 0 Å². The predicted molar refractivity (Wildman–Crippen MR) is 88.2 cm³/mol. The number of halogens is 3. The summed E-state index contributed by atoms with van der Waals surface area (Å²) in [5, 5.41) is 14.9. The summed E-state index contributed by atoms with van der Waals surface area (Å²) in [5.41, 5.74) is -2.45. The summed E-state index contributed by atoms with van der Waals surface area (Å²) in [7, 11) is 0. The molecular weight excluding hydrogens is 347 g/mol. The average molecular weight is 363 g/mol. The number of aliphatic hydroxyl groups is 1. The van der Waals surface area contributed by atoms with Crippen molar-refractivity contribution in [3.63, 3.8) is 0 Å². The van der Waals surface area contributed by atoms with Crippen LogP contribution >= 0.6 is 0 Å². The molecule has 0 fully saturated rings. The molecule has 1 amide bonds. The minimum absolute atomic E-state index is 0.108. The van der Waals surface area contributed by atoms with Crippen molar-refractivity contribution < 1.29 is 23.1 Å². The second-order valence-electron chi connectivity index (χ2n) is 5.92. The molecule has 3 rings (SSSR count). The number of pyridine rings is 1. The highest BCUT2D eigenvalue weighted by molar-refractivity contribution is 5.98. The van der Waals surface area contributed by atoms with Crippen LogP contribution in [0.5, 0.6) is 0 Å². The summed E-state index contributed by atoms with van der Waals surface area (Å²) in [6, 6.07) is 10.9.